The molecule has 0 aromatic heterocycles. The summed E-state index contributed by atoms with van der Waals surface area (Å²) >= 11 is 5.93. The first-order chi connectivity index (χ1) is 11.0. The number of rotatable bonds is 4. The second kappa shape index (κ2) is 7.48. The summed E-state index contributed by atoms with van der Waals surface area (Å²) in [6.45, 7) is 1.85. The molecule has 5 heteroatoms. The zero-order valence-electron chi connectivity index (χ0n) is 12.8. The lowest BCUT2D eigenvalue weighted by atomic mass is 10.1. The van der Waals surface area contributed by atoms with Crippen molar-refractivity contribution in [3.63, 3.8) is 0 Å². The number of nitriles is 1. The molecule has 2 aromatic carbocycles. The molecule has 0 unspecified atom stereocenters. The van der Waals surface area contributed by atoms with E-state index in [0.29, 0.717) is 16.5 Å². The molecule has 2 aromatic rings. The summed E-state index contributed by atoms with van der Waals surface area (Å²) in [4.78, 5) is 12.3. The Balaban J connectivity index is 2.22. The highest BCUT2D eigenvalue weighted by atomic mass is 35.5. The quantitative estimate of drug-likeness (QED) is 0.676. The minimum Gasteiger partial charge on any atom is -0.497 e. The highest BCUT2D eigenvalue weighted by Crippen LogP contribution is 2.21. The van der Waals surface area contributed by atoms with Crippen molar-refractivity contribution in [1.29, 1.82) is 5.26 Å². The second-order valence-corrected chi connectivity index (χ2v) is 5.29. The van der Waals surface area contributed by atoms with Crippen LogP contribution in [0.25, 0.3) is 6.08 Å². The third-order valence-electron chi connectivity index (χ3n) is 3.24. The van der Waals surface area contributed by atoms with Gasteiger partial charge in [-0.15, -0.1) is 0 Å². The Hall–Kier alpha value is -2.77. The molecule has 0 aliphatic carbocycles. The number of nitrogens with one attached hydrogen (secondary N) is 1. The molecule has 1 amide bonds. The fraction of sp³-hybridized carbons (Fsp3) is 0.111. The van der Waals surface area contributed by atoms with Crippen LogP contribution in [-0.2, 0) is 4.79 Å². The van der Waals surface area contributed by atoms with Gasteiger partial charge in [-0.3, -0.25) is 4.79 Å². The first-order valence-electron chi connectivity index (χ1n) is 6.87. The maximum absolute atomic E-state index is 12.3. The lowest BCUT2D eigenvalue weighted by molar-refractivity contribution is -0.112. The molecule has 116 valence electrons. The van der Waals surface area contributed by atoms with Gasteiger partial charge in [0.2, 0.25) is 0 Å². The monoisotopic (exact) mass is 326 g/mol. The summed E-state index contributed by atoms with van der Waals surface area (Å²) in [5.74, 6) is 0.230. The molecule has 4 nitrogen and oxygen atoms in total. The number of nitrogens with zero attached hydrogens (tertiary/aromatic N) is 1. The molecule has 0 spiro atoms. The van der Waals surface area contributed by atoms with Gasteiger partial charge < -0.3 is 10.1 Å². The normalized spacial score (nSPS) is 10.8. The molecule has 23 heavy (non-hydrogen) atoms. The molecule has 0 aliphatic heterocycles. The Labute approximate surface area is 140 Å². The summed E-state index contributed by atoms with van der Waals surface area (Å²) in [7, 11) is 1.58. The van der Waals surface area contributed by atoms with Gasteiger partial charge in [0, 0.05) is 10.7 Å². The van der Waals surface area contributed by atoms with E-state index in [2.05, 4.69) is 5.32 Å². The Morgan fingerprint density at radius 2 is 1.96 bits per heavy atom. The third-order valence-corrected chi connectivity index (χ3v) is 3.47. The Kier molecular flexibility index (Phi) is 5.40. The van der Waals surface area contributed by atoms with Crippen molar-refractivity contribution in [2.75, 3.05) is 12.4 Å². The number of carbonyl (C=O) groups excluding carboxylic acids is 1. The van der Waals surface area contributed by atoms with Crippen molar-refractivity contribution in [2.24, 2.45) is 0 Å². The van der Waals surface area contributed by atoms with Gasteiger partial charge in [-0.1, -0.05) is 29.8 Å². The summed E-state index contributed by atoms with van der Waals surface area (Å²) in [5, 5.41) is 12.5. The van der Waals surface area contributed by atoms with Crippen molar-refractivity contribution in [2.45, 2.75) is 6.92 Å². The van der Waals surface area contributed by atoms with Crippen LogP contribution in [0.15, 0.2) is 48.0 Å². The lowest BCUT2D eigenvalue weighted by Gasteiger charge is -2.08. The van der Waals surface area contributed by atoms with Crippen LogP contribution in [-0.4, -0.2) is 13.0 Å². The first-order valence-corrected chi connectivity index (χ1v) is 7.24. The molecule has 0 fully saturated rings. The number of hydrogen-bond donors (Lipinski definition) is 1. The van der Waals surface area contributed by atoms with E-state index in [1.54, 1.807) is 49.6 Å². The van der Waals surface area contributed by atoms with Gasteiger partial charge in [0.05, 0.1) is 7.11 Å². The van der Waals surface area contributed by atoms with Crippen LogP contribution in [0.1, 0.15) is 11.1 Å². The molecule has 0 saturated heterocycles. The molecule has 1 N–H and O–H groups in total. The molecule has 0 saturated carbocycles. The zero-order valence-corrected chi connectivity index (χ0v) is 13.5. The fourth-order valence-corrected chi connectivity index (χ4v) is 2.11. The zero-order chi connectivity index (χ0) is 16.8. The second-order valence-electron chi connectivity index (χ2n) is 4.86. The van der Waals surface area contributed by atoms with E-state index in [0.717, 1.165) is 11.1 Å². The number of aryl methyl sites for hydroxylation is 1. The molecular weight excluding hydrogens is 312 g/mol. The van der Waals surface area contributed by atoms with Crippen LogP contribution in [0.2, 0.25) is 5.02 Å². The number of benzene rings is 2. The van der Waals surface area contributed by atoms with Crippen molar-refractivity contribution >= 4 is 29.3 Å². The van der Waals surface area contributed by atoms with E-state index in [9.17, 15) is 10.1 Å². The fourth-order valence-electron chi connectivity index (χ4n) is 1.93. The van der Waals surface area contributed by atoms with E-state index in [4.69, 9.17) is 16.3 Å². The molecular formula is C18H15ClN2O2. The molecule has 0 bridgehead atoms. The van der Waals surface area contributed by atoms with Crippen LogP contribution < -0.4 is 10.1 Å². The maximum atomic E-state index is 12.3. The average molecular weight is 327 g/mol. The summed E-state index contributed by atoms with van der Waals surface area (Å²) in [6.07, 6.45) is 1.52. The smallest absolute Gasteiger partial charge is 0.266 e. The van der Waals surface area contributed by atoms with E-state index in [1.165, 1.54) is 6.08 Å². The summed E-state index contributed by atoms with van der Waals surface area (Å²) in [5.41, 5.74) is 2.19. The summed E-state index contributed by atoms with van der Waals surface area (Å²) < 4.78 is 5.07. The van der Waals surface area contributed by atoms with Gasteiger partial charge in [0.15, 0.2) is 0 Å². The number of methoxy groups -OCH3 is 1. The van der Waals surface area contributed by atoms with Crippen molar-refractivity contribution in [3.8, 4) is 11.8 Å². The number of halogens is 1. The van der Waals surface area contributed by atoms with Crippen LogP contribution in [0.5, 0.6) is 5.75 Å². The Morgan fingerprint density at radius 1 is 1.26 bits per heavy atom. The summed E-state index contributed by atoms with van der Waals surface area (Å²) in [6, 6.07) is 14.2. The number of amides is 1. The van der Waals surface area contributed by atoms with Crippen LogP contribution >= 0.6 is 11.6 Å². The van der Waals surface area contributed by atoms with Gasteiger partial charge in [-0.05, 0) is 48.4 Å². The standard InChI is InChI=1S/C18H15ClN2O2/c1-12-3-6-15(19)10-17(12)21-18(22)14(11-20)9-13-4-7-16(23-2)8-5-13/h3-10H,1-2H3,(H,21,22)/b14-9+. The van der Waals surface area contributed by atoms with Crippen LogP contribution in [0, 0.1) is 18.3 Å². The predicted octanol–water partition coefficient (Wildman–Crippen LogP) is 4.20. The van der Waals surface area contributed by atoms with E-state index >= 15 is 0 Å². The highest BCUT2D eigenvalue weighted by Gasteiger charge is 2.11. The van der Waals surface area contributed by atoms with E-state index < -0.39 is 5.91 Å². The Bertz CT molecular complexity index is 790. The number of anilines is 1. The lowest BCUT2D eigenvalue weighted by Crippen LogP contribution is -2.14. The number of ether oxygens (including phenoxy) is 1. The van der Waals surface area contributed by atoms with E-state index in [-0.39, 0.29) is 5.57 Å². The molecule has 2 rings (SSSR count). The first kappa shape index (κ1) is 16.6. The molecule has 0 heterocycles. The maximum Gasteiger partial charge on any atom is 0.266 e. The van der Waals surface area contributed by atoms with Crippen molar-refractivity contribution < 1.29 is 9.53 Å². The van der Waals surface area contributed by atoms with Gasteiger partial charge in [0.1, 0.15) is 17.4 Å². The van der Waals surface area contributed by atoms with Gasteiger partial charge in [0.25, 0.3) is 5.91 Å². The highest BCUT2D eigenvalue weighted by molar-refractivity contribution is 6.31. The number of hydrogen-bond acceptors (Lipinski definition) is 3. The predicted molar refractivity (Wildman–Crippen MR) is 91.4 cm³/mol. The minimum absolute atomic E-state index is 0.00884. The molecule has 0 atom stereocenters. The third kappa shape index (κ3) is 4.35. The largest absolute Gasteiger partial charge is 0.497 e. The topological polar surface area (TPSA) is 62.1 Å². The van der Waals surface area contributed by atoms with Crippen molar-refractivity contribution in [3.05, 3.63) is 64.2 Å². The average Bonchev–Trinajstić information content (AvgIpc) is 2.56. The minimum atomic E-state index is -0.478. The van der Waals surface area contributed by atoms with Crippen LogP contribution in [0.4, 0.5) is 5.69 Å². The van der Waals surface area contributed by atoms with Gasteiger partial charge >= 0.3 is 0 Å². The van der Waals surface area contributed by atoms with Crippen LogP contribution in [0.3, 0.4) is 0 Å². The molecule has 0 radical (unpaired) electrons. The Morgan fingerprint density at radius 3 is 2.57 bits per heavy atom. The van der Waals surface area contributed by atoms with E-state index in [1.807, 2.05) is 13.0 Å². The SMILES string of the molecule is COc1ccc(/C=C(\C#N)C(=O)Nc2cc(Cl)ccc2C)cc1. The molecule has 0 aliphatic rings. The number of carbonyl (C=O) groups is 1. The van der Waals surface area contributed by atoms with Crippen molar-refractivity contribution in [1.82, 2.24) is 0 Å². The van der Waals surface area contributed by atoms with Gasteiger partial charge in [-0.25, -0.2) is 0 Å². The van der Waals surface area contributed by atoms with Gasteiger partial charge in [-0.2, -0.15) is 5.26 Å².